The number of halogens is 3. The van der Waals surface area contributed by atoms with Gasteiger partial charge in [0.2, 0.25) is 0 Å². The molecule has 7 heteroatoms. The molecule has 0 saturated carbocycles. The molecule has 0 bridgehead atoms. The molecule has 1 atom stereocenters. The maximum Gasteiger partial charge on any atom is 0.399 e. The molecule has 0 fully saturated rings. The van der Waals surface area contributed by atoms with Crippen LogP contribution >= 0.6 is 0 Å². The van der Waals surface area contributed by atoms with Gasteiger partial charge in [-0.05, 0) is 35.4 Å². The molecule has 4 nitrogen and oxygen atoms in total. The Morgan fingerprint density at radius 3 is 2.27 bits per heavy atom. The molecule has 134 valence electrons. The van der Waals surface area contributed by atoms with Gasteiger partial charge in [0.25, 0.3) is 0 Å². The van der Waals surface area contributed by atoms with E-state index in [9.17, 15) is 13.2 Å². The Balaban J connectivity index is 1.82. The van der Waals surface area contributed by atoms with Gasteiger partial charge in [-0.1, -0.05) is 36.4 Å². The molecule has 0 aliphatic heterocycles. The van der Waals surface area contributed by atoms with Crippen LogP contribution in [-0.2, 0) is 0 Å². The second kappa shape index (κ2) is 7.43. The second-order valence-electron chi connectivity index (χ2n) is 5.58. The maximum absolute atomic E-state index is 13.4. The molecule has 1 aromatic heterocycles. The van der Waals surface area contributed by atoms with Gasteiger partial charge >= 0.3 is 6.18 Å². The number of hydrogen-bond donors (Lipinski definition) is 0. The van der Waals surface area contributed by atoms with Gasteiger partial charge in [0.05, 0.1) is 18.7 Å². The first-order valence-electron chi connectivity index (χ1n) is 7.81. The van der Waals surface area contributed by atoms with Crippen LogP contribution in [0.2, 0.25) is 0 Å². The summed E-state index contributed by atoms with van der Waals surface area (Å²) >= 11 is 0. The Labute approximate surface area is 148 Å². The predicted molar refractivity (Wildman–Crippen MR) is 92.2 cm³/mol. The van der Waals surface area contributed by atoms with Gasteiger partial charge < -0.3 is 4.74 Å². The van der Waals surface area contributed by atoms with Gasteiger partial charge in [-0.25, -0.2) is 9.67 Å². The van der Waals surface area contributed by atoms with E-state index in [0.717, 1.165) is 11.8 Å². The zero-order valence-electron chi connectivity index (χ0n) is 13.9. The van der Waals surface area contributed by atoms with Crippen molar-refractivity contribution in [3.05, 3.63) is 78.4 Å². The normalized spacial score (nSPS) is 13.1. The molecule has 1 unspecified atom stereocenters. The summed E-state index contributed by atoms with van der Waals surface area (Å²) in [5.74, 6) is -1.18. The molecule has 26 heavy (non-hydrogen) atoms. The molecule has 0 amide bonds. The summed E-state index contributed by atoms with van der Waals surface area (Å²) < 4.78 is 46.9. The molecule has 2 aromatic carbocycles. The van der Waals surface area contributed by atoms with Crippen molar-refractivity contribution in [3.8, 4) is 11.4 Å². The van der Waals surface area contributed by atoms with E-state index in [1.807, 2.05) is 0 Å². The monoisotopic (exact) mass is 359 g/mol. The number of alkyl halides is 3. The average Bonchev–Trinajstić information content (AvgIpc) is 3.16. The van der Waals surface area contributed by atoms with E-state index in [4.69, 9.17) is 4.74 Å². The topological polar surface area (TPSA) is 39.9 Å². The number of allylic oxidation sites excluding steroid dienone is 1. The first kappa shape index (κ1) is 17.7. The van der Waals surface area contributed by atoms with E-state index in [-0.39, 0.29) is 5.56 Å². The van der Waals surface area contributed by atoms with Crippen LogP contribution in [0.1, 0.15) is 17.0 Å². The van der Waals surface area contributed by atoms with Crippen LogP contribution in [0.4, 0.5) is 13.2 Å². The molecular formula is C19H16F3N3O. The highest BCUT2D eigenvalue weighted by Crippen LogP contribution is 2.37. The molecule has 0 aliphatic rings. The van der Waals surface area contributed by atoms with E-state index >= 15 is 0 Å². The maximum atomic E-state index is 13.4. The Morgan fingerprint density at radius 2 is 1.73 bits per heavy atom. The van der Waals surface area contributed by atoms with Crippen LogP contribution in [0.15, 0.2) is 67.3 Å². The fraction of sp³-hybridized carbons (Fsp3) is 0.158. The number of hydrogen-bond acceptors (Lipinski definition) is 3. The fourth-order valence-corrected chi connectivity index (χ4v) is 2.51. The lowest BCUT2D eigenvalue weighted by Gasteiger charge is -2.17. The van der Waals surface area contributed by atoms with Gasteiger partial charge in [-0.15, -0.1) is 0 Å². The fourth-order valence-electron chi connectivity index (χ4n) is 2.51. The van der Waals surface area contributed by atoms with Crippen molar-refractivity contribution in [1.82, 2.24) is 14.8 Å². The van der Waals surface area contributed by atoms with E-state index in [1.165, 1.54) is 43.8 Å². The van der Waals surface area contributed by atoms with E-state index in [1.54, 1.807) is 35.3 Å². The number of benzene rings is 2. The first-order chi connectivity index (χ1) is 12.5. The molecule has 0 spiro atoms. The van der Waals surface area contributed by atoms with Crippen LogP contribution in [0, 0.1) is 0 Å². The third-order valence-electron chi connectivity index (χ3n) is 3.89. The molecule has 0 aliphatic carbocycles. The number of aromatic nitrogens is 3. The number of methoxy groups -OCH3 is 1. The summed E-state index contributed by atoms with van der Waals surface area (Å²) in [6.45, 7) is 0. The predicted octanol–water partition coefficient (Wildman–Crippen LogP) is 4.64. The lowest BCUT2D eigenvalue weighted by Crippen LogP contribution is -2.18. The minimum atomic E-state index is -4.38. The third kappa shape index (κ3) is 4.11. The molecule has 0 radical (unpaired) electrons. The Morgan fingerprint density at radius 1 is 1.04 bits per heavy atom. The highest BCUT2D eigenvalue weighted by atomic mass is 19.4. The molecular weight excluding hydrogens is 343 g/mol. The van der Waals surface area contributed by atoms with Crippen LogP contribution in [0.5, 0.6) is 5.75 Å². The summed E-state index contributed by atoms with van der Waals surface area (Å²) in [5, 5.41) is 4.00. The van der Waals surface area contributed by atoms with Gasteiger partial charge in [-0.2, -0.15) is 18.3 Å². The van der Waals surface area contributed by atoms with Crippen LogP contribution in [0.25, 0.3) is 11.8 Å². The van der Waals surface area contributed by atoms with Gasteiger partial charge in [0.1, 0.15) is 18.4 Å². The Bertz CT molecular complexity index is 855. The van der Waals surface area contributed by atoms with Crippen molar-refractivity contribution in [2.45, 2.75) is 12.1 Å². The number of ether oxygens (including phenoxy) is 1. The van der Waals surface area contributed by atoms with Crippen molar-refractivity contribution in [2.24, 2.45) is 0 Å². The molecule has 0 saturated heterocycles. The highest BCUT2D eigenvalue weighted by molar-refractivity contribution is 5.53. The highest BCUT2D eigenvalue weighted by Gasteiger charge is 2.38. The lowest BCUT2D eigenvalue weighted by molar-refractivity contribution is -0.139. The van der Waals surface area contributed by atoms with Crippen molar-refractivity contribution in [2.75, 3.05) is 7.11 Å². The van der Waals surface area contributed by atoms with E-state index < -0.39 is 12.1 Å². The zero-order valence-corrected chi connectivity index (χ0v) is 13.9. The molecule has 0 N–H and O–H groups in total. The zero-order chi connectivity index (χ0) is 18.6. The molecule has 1 heterocycles. The van der Waals surface area contributed by atoms with Crippen LogP contribution < -0.4 is 4.74 Å². The van der Waals surface area contributed by atoms with Crippen molar-refractivity contribution in [3.63, 3.8) is 0 Å². The van der Waals surface area contributed by atoms with Crippen LogP contribution in [0.3, 0.4) is 0 Å². The summed E-state index contributed by atoms with van der Waals surface area (Å²) in [6.07, 6.45) is 1.20. The van der Waals surface area contributed by atoms with E-state index in [0.29, 0.717) is 11.3 Å². The summed E-state index contributed by atoms with van der Waals surface area (Å²) in [5.41, 5.74) is 1.60. The average molecular weight is 359 g/mol. The lowest BCUT2D eigenvalue weighted by atomic mass is 9.97. The first-order valence-corrected chi connectivity index (χ1v) is 7.81. The SMILES string of the molecule is COc1ccc(C(C=Cc2ccc(-n3cncn3)cc2)C(F)(F)F)cc1. The summed E-state index contributed by atoms with van der Waals surface area (Å²) in [7, 11) is 1.47. The smallest absolute Gasteiger partial charge is 0.399 e. The van der Waals surface area contributed by atoms with Crippen molar-refractivity contribution >= 4 is 6.08 Å². The summed E-state index contributed by atoms with van der Waals surface area (Å²) in [4.78, 5) is 3.86. The van der Waals surface area contributed by atoms with Gasteiger partial charge in [0.15, 0.2) is 0 Å². The summed E-state index contributed by atoms with van der Waals surface area (Å²) in [6, 6.07) is 12.9. The Hall–Kier alpha value is -3.09. The number of nitrogens with zero attached hydrogens (tertiary/aromatic N) is 3. The van der Waals surface area contributed by atoms with Gasteiger partial charge in [-0.3, -0.25) is 0 Å². The Kier molecular flexibility index (Phi) is 5.06. The number of rotatable bonds is 5. The van der Waals surface area contributed by atoms with Crippen LogP contribution in [-0.4, -0.2) is 28.1 Å². The molecule has 3 aromatic rings. The standard InChI is InChI=1S/C19H16F3N3O/c1-26-17-9-5-15(6-10-17)18(19(20,21)22)11-4-14-2-7-16(8-3-14)25-13-23-12-24-25/h2-13,18H,1H3. The molecule has 3 rings (SSSR count). The minimum Gasteiger partial charge on any atom is -0.497 e. The third-order valence-corrected chi connectivity index (χ3v) is 3.89. The van der Waals surface area contributed by atoms with Crippen molar-refractivity contribution < 1.29 is 17.9 Å². The second-order valence-corrected chi connectivity index (χ2v) is 5.58. The van der Waals surface area contributed by atoms with Crippen molar-refractivity contribution in [1.29, 1.82) is 0 Å². The largest absolute Gasteiger partial charge is 0.497 e. The quantitative estimate of drug-likeness (QED) is 0.667. The minimum absolute atomic E-state index is 0.161. The van der Waals surface area contributed by atoms with E-state index in [2.05, 4.69) is 10.1 Å². The van der Waals surface area contributed by atoms with Gasteiger partial charge in [0, 0.05) is 0 Å².